The van der Waals surface area contributed by atoms with E-state index >= 15 is 0 Å². The quantitative estimate of drug-likeness (QED) is 0.714. The second-order valence-electron chi connectivity index (χ2n) is 6.43. The Morgan fingerprint density at radius 3 is 2.69 bits per heavy atom. The van der Waals surface area contributed by atoms with Crippen molar-refractivity contribution < 1.29 is 14.0 Å². The first-order chi connectivity index (χ1) is 12.5. The zero-order valence-electron chi connectivity index (χ0n) is 14.4. The van der Waals surface area contributed by atoms with Crippen molar-refractivity contribution in [3.63, 3.8) is 0 Å². The largest absolute Gasteiger partial charge is 0.443 e. The highest BCUT2D eigenvalue weighted by atomic mass is 32.1. The molecule has 0 aliphatic carbocycles. The predicted octanol–water partition coefficient (Wildman–Crippen LogP) is 3.68. The first-order valence-corrected chi connectivity index (χ1v) is 9.05. The lowest BCUT2D eigenvalue weighted by atomic mass is 9.91. The van der Waals surface area contributed by atoms with Gasteiger partial charge in [0.15, 0.2) is 0 Å². The maximum Gasteiger partial charge on any atom is 0.325 e. The number of nitrogens with zero attached hydrogens (tertiary/aromatic N) is 2. The van der Waals surface area contributed by atoms with Crippen LogP contribution in [0.4, 0.5) is 4.79 Å². The monoisotopic (exact) mass is 367 g/mol. The zero-order valence-corrected chi connectivity index (χ0v) is 15.2. The maximum atomic E-state index is 12.9. The van der Waals surface area contributed by atoms with E-state index in [1.165, 1.54) is 22.5 Å². The summed E-state index contributed by atoms with van der Waals surface area (Å²) in [7, 11) is 0. The number of imide groups is 1. The first-order valence-electron chi connectivity index (χ1n) is 8.17. The molecule has 3 amide bonds. The van der Waals surface area contributed by atoms with Gasteiger partial charge in [0.05, 0.1) is 17.1 Å². The SMILES string of the molecule is Cc1ccc([C@]2(C)NC(=O)N(Cc3coc(-c4cccs4)n3)C2=O)cc1. The molecule has 3 aromatic rings. The average molecular weight is 367 g/mol. The summed E-state index contributed by atoms with van der Waals surface area (Å²) >= 11 is 1.52. The number of aryl methyl sites for hydroxylation is 1. The van der Waals surface area contributed by atoms with Crippen molar-refractivity contribution >= 4 is 23.3 Å². The van der Waals surface area contributed by atoms with Crippen LogP contribution < -0.4 is 5.32 Å². The maximum absolute atomic E-state index is 12.9. The Balaban J connectivity index is 1.57. The Hall–Kier alpha value is -2.93. The van der Waals surface area contributed by atoms with Gasteiger partial charge in [-0.2, -0.15) is 0 Å². The molecule has 0 unspecified atom stereocenters. The molecular formula is C19H17N3O3S. The summed E-state index contributed by atoms with van der Waals surface area (Å²) in [5.41, 5.74) is 1.30. The number of aromatic nitrogens is 1. The van der Waals surface area contributed by atoms with Crippen LogP contribution in [0.3, 0.4) is 0 Å². The minimum absolute atomic E-state index is 0.0704. The number of amides is 3. The Kier molecular flexibility index (Phi) is 3.88. The van der Waals surface area contributed by atoms with Crippen LogP contribution >= 0.6 is 11.3 Å². The molecule has 6 nitrogen and oxygen atoms in total. The number of rotatable bonds is 4. The van der Waals surface area contributed by atoms with Gasteiger partial charge in [0, 0.05) is 0 Å². The molecule has 0 radical (unpaired) electrons. The molecule has 1 N–H and O–H groups in total. The summed E-state index contributed by atoms with van der Waals surface area (Å²) in [5.74, 6) is 0.190. The number of benzene rings is 1. The van der Waals surface area contributed by atoms with E-state index in [0.717, 1.165) is 16.0 Å². The van der Waals surface area contributed by atoms with Gasteiger partial charge < -0.3 is 9.73 Å². The molecule has 1 aliphatic heterocycles. The number of carbonyl (C=O) groups excluding carboxylic acids is 2. The lowest BCUT2D eigenvalue weighted by Crippen LogP contribution is -2.40. The van der Waals surface area contributed by atoms with Crippen molar-refractivity contribution in [3.05, 3.63) is 64.9 Å². The molecule has 0 bridgehead atoms. The van der Waals surface area contributed by atoms with Gasteiger partial charge in [-0.15, -0.1) is 11.3 Å². The van der Waals surface area contributed by atoms with Gasteiger partial charge in [0.1, 0.15) is 11.8 Å². The third-order valence-corrected chi connectivity index (χ3v) is 5.37. The van der Waals surface area contributed by atoms with E-state index in [0.29, 0.717) is 11.6 Å². The highest BCUT2D eigenvalue weighted by Crippen LogP contribution is 2.30. The summed E-state index contributed by atoms with van der Waals surface area (Å²) in [6.45, 7) is 3.77. The summed E-state index contributed by atoms with van der Waals surface area (Å²) in [5, 5.41) is 4.74. The third-order valence-electron chi connectivity index (χ3n) is 4.51. The van der Waals surface area contributed by atoms with Crippen molar-refractivity contribution in [1.82, 2.24) is 15.2 Å². The van der Waals surface area contributed by atoms with E-state index in [1.807, 2.05) is 48.7 Å². The molecular weight excluding hydrogens is 350 g/mol. The van der Waals surface area contributed by atoms with E-state index in [4.69, 9.17) is 4.42 Å². The molecule has 1 saturated heterocycles. The smallest absolute Gasteiger partial charge is 0.325 e. The Bertz CT molecular complexity index is 962. The van der Waals surface area contributed by atoms with Gasteiger partial charge >= 0.3 is 6.03 Å². The fraction of sp³-hybridized carbons (Fsp3) is 0.211. The Morgan fingerprint density at radius 2 is 2.00 bits per heavy atom. The van der Waals surface area contributed by atoms with Crippen LogP contribution in [0.25, 0.3) is 10.8 Å². The molecule has 1 aliphatic rings. The van der Waals surface area contributed by atoms with Gasteiger partial charge in [-0.25, -0.2) is 9.78 Å². The average Bonchev–Trinajstić information content (AvgIpc) is 3.34. The second kappa shape index (κ2) is 6.10. The number of hydrogen-bond donors (Lipinski definition) is 1. The van der Waals surface area contributed by atoms with Crippen molar-refractivity contribution in [2.24, 2.45) is 0 Å². The number of thiophene rings is 1. The number of oxazole rings is 1. The van der Waals surface area contributed by atoms with Crippen LogP contribution in [0.1, 0.15) is 23.7 Å². The van der Waals surface area contributed by atoms with Crippen LogP contribution in [-0.2, 0) is 16.9 Å². The van der Waals surface area contributed by atoms with Crippen LogP contribution in [-0.4, -0.2) is 21.8 Å². The standard InChI is InChI=1S/C19H17N3O3S/c1-12-5-7-13(8-6-12)19(2)17(23)22(18(24)21-19)10-14-11-25-16(20-14)15-4-3-9-26-15/h3-9,11H,10H2,1-2H3,(H,21,24)/t19-/m0/s1. The van der Waals surface area contributed by atoms with Crippen LogP contribution in [0.2, 0.25) is 0 Å². The lowest BCUT2D eigenvalue weighted by molar-refractivity contribution is -0.131. The highest BCUT2D eigenvalue weighted by molar-refractivity contribution is 7.13. The predicted molar refractivity (Wildman–Crippen MR) is 97.4 cm³/mol. The number of nitrogens with one attached hydrogen (secondary N) is 1. The van der Waals surface area contributed by atoms with Crippen molar-refractivity contribution in [2.45, 2.75) is 25.9 Å². The lowest BCUT2D eigenvalue weighted by Gasteiger charge is -2.22. The van der Waals surface area contributed by atoms with Gasteiger partial charge in [-0.3, -0.25) is 9.69 Å². The van der Waals surface area contributed by atoms with E-state index in [1.54, 1.807) is 6.92 Å². The topological polar surface area (TPSA) is 75.4 Å². The van der Waals surface area contributed by atoms with Crippen molar-refractivity contribution in [3.8, 4) is 10.8 Å². The molecule has 4 rings (SSSR count). The van der Waals surface area contributed by atoms with Gasteiger partial charge in [0.25, 0.3) is 5.91 Å². The summed E-state index contributed by atoms with van der Waals surface area (Å²) in [4.78, 5) is 31.8. The molecule has 1 fully saturated rings. The zero-order chi connectivity index (χ0) is 18.3. The Labute approximate surface area is 154 Å². The normalized spacial score (nSPS) is 19.8. The third kappa shape index (κ3) is 2.70. The summed E-state index contributed by atoms with van der Waals surface area (Å²) in [6.07, 6.45) is 1.48. The van der Waals surface area contributed by atoms with Crippen molar-refractivity contribution in [2.75, 3.05) is 0 Å². The van der Waals surface area contributed by atoms with Crippen molar-refractivity contribution in [1.29, 1.82) is 0 Å². The number of urea groups is 1. The molecule has 3 heterocycles. The summed E-state index contributed by atoms with van der Waals surface area (Å²) < 4.78 is 5.47. The molecule has 7 heteroatoms. The molecule has 1 aromatic carbocycles. The number of carbonyl (C=O) groups is 2. The molecule has 2 aromatic heterocycles. The molecule has 0 spiro atoms. The molecule has 132 valence electrons. The van der Waals surface area contributed by atoms with E-state index in [-0.39, 0.29) is 12.5 Å². The van der Waals surface area contributed by atoms with Gasteiger partial charge in [0.2, 0.25) is 5.89 Å². The Morgan fingerprint density at radius 1 is 1.23 bits per heavy atom. The minimum Gasteiger partial charge on any atom is -0.443 e. The molecule has 1 atom stereocenters. The second-order valence-corrected chi connectivity index (χ2v) is 7.38. The van der Waals surface area contributed by atoms with E-state index in [2.05, 4.69) is 10.3 Å². The van der Waals surface area contributed by atoms with Crippen LogP contribution in [0, 0.1) is 6.92 Å². The fourth-order valence-electron chi connectivity index (χ4n) is 2.98. The minimum atomic E-state index is -1.08. The van der Waals surface area contributed by atoms with E-state index in [9.17, 15) is 9.59 Å². The van der Waals surface area contributed by atoms with Gasteiger partial charge in [-0.1, -0.05) is 35.9 Å². The van der Waals surface area contributed by atoms with Crippen LogP contribution in [0.15, 0.2) is 52.5 Å². The van der Waals surface area contributed by atoms with Gasteiger partial charge in [-0.05, 0) is 30.9 Å². The van der Waals surface area contributed by atoms with E-state index < -0.39 is 11.6 Å². The van der Waals surface area contributed by atoms with Crippen LogP contribution in [0.5, 0.6) is 0 Å². The summed E-state index contributed by atoms with van der Waals surface area (Å²) in [6, 6.07) is 11.0. The first kappa shape index (κ1) is 16.5. The number of hydrogen-bond acceptors (Lipinski definition) is 5. The fourth-order valence-corrected chi connectivity index (χ4v) is 3.63. The highest BCUT2D eigenvalue weighted by Gasteiger charge is 2.49. The molecule has 26 heavy (non-hydrogen) atoms. The molecule has 0 saturated carbocycles.